The molecule has 6 aromatic rings. The Hall–Kier alpha value is -2.84. The molecule has 0 amide bonds. The number of benzene rings is 2. The van der Waals surface area contributed by atoms with Gasteiger partial charge in [0.05, 0.1) is 32.6 Å². The molecule has 6 rings (SSSR count). The molecule has 2 aromatic carbocycles. The highest BCUT2D eigenvalue weighted by Crippen LogP contribution is 2.36. The van der Waals surface area contributed by atoms with Crippen LogP contribution in [0.3, 0.4) is 0 Å². The highest BCUT2D eigenvalue weighted by atomic mass is 32.1. The predicted molar refractivity (Wildman–Crippen MR) is 197 cm³/mol. The zero-order valence-corrected chi connectivity index (χ0v) is 29.2. The van der Waals surface area contributed by atoms with E-state index in [0.717, 1.165) is 48.2 Å². The third-order valence-corrected chi connectivity index (χ3v) is 12.7. The van der Waals surface area contributed by atoms with E-state index in [0.29, 0.717) is 5.92 Å². The van der Waals surface area contributed by atoms with E-state index in [1.165, 1.54) is 42.0 Å². The molecule has 0 aliphatic carbocycles. The molecule has 0 aliphatic heterocycles. The van der Waals surface area contributed by atoms with Crippen LogP contribution < -0.4 is 8.97 Å². The molecule has 6 heteroatoms. The molecular weight excluding hydrogens is 613 g/mol. The number of thiophene rings is 4. The lowest BCUT2D eigenvalue weighted by atomic mass is 9.92. The van der Waals surface area contributed by atoms with Crippen molar-refractivity contribution in [1.82, 2.24) is 8.97 Å². The minimum Gasteiger partial charge on any atom is -0.283 e. The van der Waals surface area contributed by atoms with Gasteiger partial charge in [0.1, 0.15) is 37.6 Å². The smallest absolute Gasteiger partial charge is 0.133 e. The molecule has 2 nitrogen and oxygen atoms in total. The summed E-state index contributed by atoms with van der Waals surface area (Å²) < 4.78 is 1.88. The number of rotatable bonds is 14. The van der Waals surface area contributed by atoms with Crippen molar-refractivity contribution in [2.24, 2.45) is 0 Å². The summed E-state index contributed by atoms with van der Waals surface area (Å²) in [6, 6.07) is 36.9. The minimum absolute atomic E-state index is 0.328. The maximum Gasteiger partial charge on any atom is 0.133 e. The Morgan fingerprint density at radius 1 is 0.455 bits per heavy atom. The first-order valence-electron chi connectivity index (χ1n) is 15.6. The second kappa shape index (κ2) is 14.1. The van der Waals surface area contributed by atoms with Crippen LogP contribution in [0.25, 0.3) is 0 Å². The Bertz CT molecular complexity index is 1470. The standard InChI is InChI=1S/C38H42N2S4/c1-4-39(26-35-10-6-22-41-35,27-36-11-7-23-42-36)33-18-14-31(15-19-33)30(3)32-16-20-34(21-17-32)40(5-2,28-37-12-8-24-43-37)29-38-13-9-25-44-38/h6-25,30H,4-5,26-29H2,1-3H3/q+2. The summed E-state index contributed by atoms with van der Waals surface area (Å²) in [7, 11) is 0. The third-order valence-electron chi connectivity index (χ3n) is 9.25. The largest absolute Gasteiger partial charge is 0.283 e. The fourth-order valence-corrected chi connectivity index (χ4v) is 9.69. The summed E-state index contributed by atoms with van der Waals surface area (Å²) in [5.41, 5.74) is 5.54. The van der Waals surface area contributed by atoms with Crippen molar-refractivity contribution < 1.29 is 0 Å². The minimum atomic E-state index is 0.328. The molecule has 0 spiro atoms. The van der Waals surface area contributed by atoms with E-state index >= 15 is 0 Å². The molecular formula is C38H42N2S4+2. The first kappa shape index (κ1) is 31.2. The Balaban J connectivity index is 1.25. The van der Waals surface area contributed by atoms with E-state index in [1.54, 1.807) is 0 Å². The van der Waals surface area contributed by atoms with Crippen LogP contribution in [0.1, 0.15) is 57.3 Å². The summed E-state index contributed by atoms with van der Waals surface area (Å²) in [5, 5.41) is 8.81. The maximum atomic E-state index is 2.39. The van der Waals surface area contributed by atoms with Crippen molar-refractivity contribution in [3.63, 3.8) is 0 Å². The summed E-state index contributed by atoms with van der Waals surface area (Å²) in [5.74, 6) is 0.328. The fraction of sp³-hybridized carbons (Fsp3) is 0.263. The van der Waals surface area contributed by atoms with Gasteiger partial charge in [-0.25, -0.2) is 0 Å². The molecule has 0 unspecified atom stereocenters. The Morgan fingerprint density at radius 2 is 0.750 bits per heavy atom. The lowest BCUT2D eigenvalue weighted by Crippen LogP contribution is -2.47. The number of quaternary nitrogens is 2. The molecule has 0 aliphatic rings. The Labute approximate surface area is 279 Å². The van der Waals surface area contributed by atoms with E-state index in [-0.39, 0.29) is 0 Å². The number of nitrogens with zero attached hydrogens (tertiary/aromatic N) is 2. The second-order valence-corrected chi connectivity index (χ2v) is 15.9. The number of hydrogen-bond donors (Lipinski definition) is 0. The molecule has 0 fully saturated rings. The van der Waals surface area contributed by atoms with Crippen LogP contribution in [0.2, 0.25) is 0 Å². The summed E-state index contributed by atoms with van der Waals surface area (Å²) in [6.07, 6.45) is 0. The van der Waals surface area contributed by atoms with Crippen molar-refractivity contribution in [3.8, 4) is 0 Å². The van der Waals surface area contributed by atoms with Gasteiger partial charge in [-0.15, -0.1) is 45.3 Å². The van der Waals surface area contributed by atoms with E-state index in [2.05, 4.69) is 139 Å². The van der Waals surface area contributed by atoms with E-state index < -0.39 is 0 Å². The van der Waals surface area contributed by atoms with Gasteiger partial charge in [-0.1, -0.05) is 55.5 Å². The average molecular weight is 655 g/mol. The SMILES string of the molecule is CC[N+](Cc1cccs1)(Cc1cccs1)c1ccc(C(C)c2ccc([N+](CC)(Cc3cccs3)Cc3cccs3)cc2)cc1. The van der Waals surface area contributed by atoms with Gasteiger partial charge in [0.25, 0.3) is 0 Å². The normalized spacial score (nSPS) is 12.3. The Morgan fingerprint density at radius 3 is 0.977 bits per heavy atom. The first-order chi connectivity index (χ1) is 21.5. The zero-order valence-electron chi connectivity index (χ0n) is 25.9. The highest BCUT2D eigenvalue weighted by molar-refractivity contribution is 7.10. The molecule has 0 N–H and O–H groups in total. The van der Waals surface area contributed by atoms with Crippen molar-refractivity contribution in [1.29, 1.82) is 0 Å². The van der Waals surface area contributed by atoms with Crippen LogP contribution in [0.15, 0.2) is 119 Å². The molecule has 0 radical (unpaired) electrons. The third kappa shape index (κ3) is 6.86. The predicted octanol–water partition coefficient (Wildman–Crippen LogP) is 11.5. The van der Waals surface area contributed by atoms with Gasteiger partial charge in [-0.05, 0) is 95.0 Å². The lowest BCUT2D eigenvalue weighted by molar-refractivity contribution is 0.273. The highest BCUT2D eigenvalue weighted by Gasteiger charge is 2.32. The quantitative estimate of drug-likeness (QED) is 0.103. The Kier molecular flexibility index (Phi) is 9.96. The van der Waals surface area contributed by atoms with Crippen LogP contribution in [0.5, 0.6) is 0 Å². The van der Waals surface area contributed by atoms with Gasteiger partial charge < -0.3 is 0 Å². The van der Waals surface area contributed by atoms with Crippen LogP contribution >= 0.6 is 45.3 Å². The van der Waals surface area contributed by atoms with Crippen LogP contribution in [0.4, 0.5) is 11.4 Å². The topological polar surface area (TPSA) is 0 Å². The van der Waals surface area contributed by atoms with Crippen LogP contribution in [-0.2, 0) is 26.2 Å². The molecule has 4 heterocycles. The van der Waals surface area contributed by atoms with E-state index in [9.17, 15) is 0 Å². The molecule has 226 valence electrons. The zero-order chi connectivity index (χ0) is 30.4. The molecule has 44 heavy (non-hydrogen) atoms. The van der Waals surface area contributed by atoms with Gasteiger partial charge >= 0.3 is 0 Å². The second-order valence-electron chi connectivity index (χ2n) is 11.8. The number of hydrogen-bond acceptors (Lipinski definition) is 4. The van der Waals surface area contributed by atoms with Crippen molar-refractivity contribution in [3.05, 3.63) is 149 Å². The fourth-order valence-electron chi connectivity index (χ4n) is 6.44. The first-order valence-corrected chi connectivity index (χ1v) is 19.1. The molecule has 0 bridgehead atoms. The van der Waals surface area contributed by atoms with E-state index in [4.69, 9.17) is 0 Å². The summed E-state index contributed by atoms with van der Waals surface area (Å²) in [4.78, 5) is 5.78. The van der Waals surface area contributed by atoms with Crippen molar-refractivity contribution >= 4 is 56.7 Å². The van der Waals surface area contributed by atoms with Gasteiger partial charge in [0.15, 0.2) is 0 Å². The van der Waals surface area contributed by atoms with Crippen molar-refractivity contribution in [2.45, 2.75) is 52.9 Å². The summed E-state index contributed by atoms with van der Waals surface area (Å²) in [6.45, 7) is 13.2. The van der Waals surface area contributed by atoms with Crippen LogP contribution in [-0.4, -0.2) is 13.1 Å². The van der Waals surface area contributed by atoms with Gasteiger partial charge in [0, 0.05) is 5.92 Å². The molecule has 0 atom stereocenters. The van der Waals surface area contributed by atoms with Gasteiger partial charge in [-0.2, -0.15) is 0 Å². The van der Waals surface area contributed by atoms with Gasteiger partial charge in [-0.3, -0.25) is 8.97 Å². The molecule has 0 saturated heterocycles. The summed E-state index contributed by atoms with van der Waals surface area (Å²) >= 11 is 7.48. The van der Waals surface area contributed by atoms with E-state index in [1.807, 2.05) is 45.3 Å². The van der Waals surface area contributed by atoms with Gasteiger partial charge in [0.2, 0.25) is 0 Å². The average Bonchev–Trinajstić information content (AvgIpc) is 3.91. The monoisotopic (exact) mass is 654 g/mol. The maximum absolute atomic E-state index is 2.39. The van der Waals surface area contributed by atoms with Crippen LogP contribution in [0, 0.1) is 0 Å². The molecule has 0 saturated carbocycles. The lowest BCUT2D eigenvalue weighted by Gasteiger charge is -2.37. The molecule has 4 aromatic heterocycles. The van der Waals surface area contributed by atoms with Crippen molar-refractivity contribution in [2.75, 3.05) is 13.1 Å².